The summed E-state index contributed by atoms with van der Waals surface area (Å²) in [5.74, 6) is 0.00495. The van der Waals surface area contributed by atoms with E-state index in [-0.39, 0.29) is 0 Å². The Morgan fingerprint density at radius 3 is 2.77 bits per heavy atom. The van der Waals surface area contributed by atoms with Gasteiger partial charge in [-0.05, 0) is 36.2 Å². The molecule has 2 aromatic carbocycles. The maximum Gasteiger partial charge on any atom is 0.269 e. The van der Waals surface area contributed by atoms with E-state index in [1.165, 1.54) is 11.8 Å². The van der Waals surface area contributed by atoms with Crippen LogP contribution in [0.1, 0.15) is 35.2 Å². The van der Waals surface area contributed by atoms with Crippen LogP contribution in [-0.2, 0) is 21.6 Å². The van der Waals surface area contributed by atoms with E-state index in [0.29, 0.717) is 23.5 Å². The van der Waals surface area contributed by atoms with Crippen molar-refractivity contribution < 1.29 is 14.7 Å². The van der Waals surface area contributed by atoms with E-state index in [1.54, 1.807) is 24.4 Å². The Kier molecular flexibility index (Phi) is 4.41. The van der Waals surface area contributed by atoms with Crippen LogP contribution in [0.4, 0.5) is 11.5 Å². The fourth-order valence-electron chi connectivity index (χ4n) is 4.18. The molecule has 5 rings (SSSR count). The van der Waals surface area contributed by atoms with E-state index >= 15 is 0 Å². The van der Waals surface area contributed by atoms with E-state index < -0.39 is 17.6 Å². The van der Waals surface area contributed by atoms with Gasteiger partial charge in [0.2, 0.25) is 0 Å². The summed E-state index contributed by atoms with van der Waals surface area (Å²) in [5, 5.41) is 15.2. The van der Waals surface area contributed by atoms with Gasteiger partial charge in [0.25, 0.3) is 5.91 Å². The summed E-state index contributed by atoms with van der Waals surface area (Å²) in [4.78, 5) is 30.2. The average molecular weight is 412 g/mol. The van der Waals surface area contributed by atoms with Crippen molar-refractivity contribution in [1.29, 1.82) is 0 Å². The molecule has 3 aromatic rings. The van der Waals surface area contributed by atoms with Crippen LogP contribution in [0.3, 0.4) is 0 Å². The van der Waals surface area contributed by atoms with Gasteiger partial charge in [0.1, 0.15) is 18.1 Å². The molecule has 2 N–H and O–H groups in total. The number of fused-ring (bicyclic) bond motifs is 2. The van der Waals surface area contributed by atoms with Crippen molar-refractivity contribution in [2.45, 2.75) is 25.0 Å². The third-order valence-electron chi connectivity index (χ3n) is 5.78. The molecular weight excluding hydrogens is 392 g/mol. The lowest BCUT2D eigenvalue weighted by Crippen LogP contribution is -2.35. The molecular formula is C24H20N4O3. The molecule has 154 valence electrons. The molecule has 1 aromatic heterocycles. The number of benzene rings is 2. The molecule has 2 aliphatic heterocycles. The number of anilines is 2. The minimum atomic E-state index is -1.60. The van der Waals surface area contributed by atoms with Crippen molar-refractivity contribution in [2.24, 2.45) is 5.10 Å². The number of amides is 1. The maximum absolute atomic E-state index is 13.0. The number of hydrogen-bond donors (Lipinski definition) is 2. The lowest BCUT2D eigenvalue weighted by molar-refractivity contribution is -0.133. The minimum absolute atomic E-state index is 0.436. The Hall–Kier alpha value is -3.84. The second kappa shape index (κ2) is 7.14. The second-order valence-electron chi connectivity index (χ2n) is 7.82. The summed E-state index contributed by atoms with van der Waals surface area (Å²) >= 11 is 0. The zero-order valence-corrected chi connectivity index (χ0v) is 16.8. The number of hydrogen-bond acceptors (Lipinski definition) is 6. The summed E-state index contributed by atoms with van der Waals surface area (Å²) in [6, 6.07) is 18.1. The molecule has 1 amide bonds. The topological polar surface area (TPSA) is 94.9 Å². The van der Waals surface area contributed by atoms with Crippen LogP contribution < -0.4 is 10.3 Å². The highest BCUT2D eigenvalue weighted by Gasteiger charge is 2.47. The smallest absolute Gasteiger partial charge is 0.269 e. The second-order valence-corrected chi connectivity index (χ2v) is 7.82. The number of pyridine rings is 1. The summed E-state index contributed by atoms with van der Waals surface area (Å²) in [6.45, 7) is 1.50. The van der Waals surface area contributed by atoms with Crippen LogP contribution in [0.15, 0.2) is 72.0 Å². The van der Waals surface area contributed by atoms with E-state index in [0.717, 1.165) is 28.7 Å². The average Bonchev–Trinajstić information content (AvgIpc) is 3.00. The Balaban J connectivity index is 1.50. The van der Waals surface area contributed by atoms with Crippen LogP contribution >= 0.6 is 0 Å². The third-order valence-corrected chi connectivity index (χ3v) is 5.78. The van der Waals surface area contributed by atoms with Crippen molar-refractivity contribution >= 4 is 29.4 Å². The van der Waals surface area contributed by atoms with Gasteiger partial charge in [-0.2, -0.15) is 5.10 Å². The molecule has 2 atom stereocenters. The normalized spacial score (nSPS) is 21.7. The largest absolute Gasteiger partial charge is 0.375 e. The Morgan fingerprint density at radius 1 is 1.16 bits per heavy atom. The number of carbonyl (C=O) groups is 2. The molecule has 0 saturated carbocycles. The van der Waals surface area contributed by atoms with Gasteiger partial charge < -0.3 is 9.90 Å². The Labute approximate surface area is 179 Å². The molecule has 0 radical (unpaired) electrons. The van der Waals surface area contributed by atoms with Crippen molar-refractivity contribution in [3.05, 3.63) is 89.1 Å². The Morgan fingerprint density at radius 2 is 1.94 bits per heavy atom. The van der Waals surface area contributed by atoms with E-state index in [2.05, 4.69) is 15.5 Å². The first-order valence-corrected chi connectivity index (χ1v) is 9.99. The molecule has 0 aliphatic carbocycles. The summed E-state index contributed by atoms with van der Waals surface area (Å²) in [7, 11) is 0. The SMILES string of the molecule is CC1(O)C(=O)N(c2cc(CC3=NNC(C=O)c4ccccc43)ccn2)c2ccccc21. The lowest BCUT2D eigenvalue weighted by Gasteiger charge is -2.23. The summed E-state index contributed by atoms with van der Waals surface area (Å²) in [5.41, 5.74) is 5.99. The van der Waals surface area contributed by atoms with Crippen molar-refractivity contribution in [3.8, 4) is 0 Å². The van der Waals surface area contributed by atoms with Crippen LogP contribution in [0.5, 0.6) is 0 Å². The molecule has 0 spiro atoms. The van der Waals surface area contributed by atoms with Crippen molar-refractivity contribution in [3.63, 3.8) is 0 Å². The number of aliphatic hydroxyl groups is 1. The van der Waals surface area contributed by atoms with Crippen LogP contribution in [-0.4, -0.2) is 28.0 Å². The van der Waals surface area contributed by atoms with Gasteiger partial charge in [0, 0.05) is 23.7 Å². The number of carbonyl (C=O) groups excluding carboxylic acids is 2. The number of aromatic nitrogens is 1. The zero-order valence-electron chi connectivity index (χ0n) is 16.8. The monoisotopic (exact) mass is 412 g/mol. The van der Waals surface area contributed by atoms with Gasteiger partial charge in [-0.3, -0.25) is 15.1 Å². The number of hydrazone groups is 1. The van der Waals surface area contributed by atoms with E-state index in [1.807, 2.05) is 42.5 Å². The zero-order chi connectivity index (χ0) is 21.6. The van der Waals surface area contributed by atoms with Gasteiger partial charge >= 0.3 is 0 Å². The highest BCUT2D eigenvalue weighted by atomic mass is 16.3. The highest BCUT2D eigenvalue weighted by molar-refractivity contribution is 6.11. The first-order valence-electron chi connectivity index (χ1n) is 9.99. The maximum atomic E-state index is 13.0. The van der Waals surface area contributed by atoms with Gasteiger partial charge in [0.15, 0.2) is 5.60 Å². The van der Waals surface area contributed by atoms with Crippen LogP contribution in [0.2, 0.25) is 0 Å². The van der Waals surface area contributed by atoms with Gasteiger partial charge in [-0.25, -0.2) is 4.98 Å². The Bertz CT molecular complexity index is 1230. The van der Waals surface area contributed by atoms with Crippen LogP contribution in [0, 0.1) is 0 Å². The molecule has 0 saturated heterocycles. The fourth-order valence-corrected chi connectivity index (χ4v) is 4.18. The molecule has 0 fully saturated rings. The molecule has 2 aliphatic rings. The summed E-state index contributed by atoms with van der Waals surface area (Å²) < 4.78 is 0. The number of nitrogens with zero attached hydrogens (tertiary/aromatic N) is 3. The molecule has 3 heterocycles. The first kappa shape index (κ1) is 19.1. The number of nitrogens with one attached hydrogen (secondary N) is 1. The molecule has 0 bridgehead atoms. The van der Waals surface area contributed by atoms with Crippen molar-refractivity contribution in [2.75, 3.05) is 4.90 Å². The predicted octanol–water partition coefficient (Wildman–Crippen LogP) is 2.76. The lowest BCUT2D eigenvalue weighted by atomic mass is 9.93. The third kappa shape index (κ3) is 3.02. The van der Waals surface area contributed by atoms with Gasteiger partial charge in [0.05, 0.1) is 11.4 Å². The number of para-hydroxylation sites is 1. The van der Waals surface area contributed by atoms with Gasteiger partial charge in [-0.1, -0.05) is 42.5 Å². The molecule has 31 heavy (non-hydrogen) atoms. The van der Waals surface area contributed by atoms with Gasteiger partial charge in [-0.15, -0.1) is 0 Å². The molecule has 7 heteroatoms. The quantitative estimate of drug-likeness (QED) is 0.643. The number of rotatable bonds is 4. The molecule has 2 unspecified atom stereocenters. The summed E-state index contributed by atoms with van der Waals surface area (Å²) in [6.07, 6.45) is 2.97. The first-order chi connectivity index (χ1) is 15.0. The predicted molar refractivity (Wildman–Crippen MR) is 116 cm³/mol. The standard InChI is InChI=1S/C24H20N4O3/c1-24(31)18-8-4-5-9-21(18)28(23(24)30)22-13-15(10-11-25-22)12-19-16-6-2-3-7-17(16)20(14-29)27-26-19/h2-11,13-14,20,27,31H,12H2,1H3. The van der Waals surface area contributed by atoms with E-state index in [9.17, 15) is 14.7 Å². The molecule has 7 nitrogen and oxygen atoms in total. The van der Waals surface area contributed by atoms with E-state index in [4.69, 9.17) is 0 Å². The fraction of sp³-hybridized carbons (Fsp3) is 0.167. The van der Waals surface area contributed by atoms with Crippen molar-refractivity contribution in [1.82, 2.24) is 10.4 Å². The minimum Gasteiger partial charge on any atom is -0.375 e. The number of aldehydes is 1. The van der Waals surface area contributed by atoms with Crippen LogP contribution in [0.25, 0.3) is 0 Å². The highest BCUT2D eigenvalue weighted by Crippen LogP contribution is 2.43.